The van der Waals surface area contributed by atoms with Crippen molar-refractivity contribution in [1.29, 1.82) is 0 Å². The van der Waals surface area contributed by atoms with E-state index in [0.717, 1.165) is 14.9 Å². The minimum atomic E-state index is -0.440. The first-order valence-electron chi connectivity index (χ1n) is 5.53. The zero-order valence-corrected chi connectivity index (χ0v) is 13.0. The molecule has 2 rings (SSSR count). The third-order valence-corrected chi connectivity index (χ3v) is 4.79. The molecule has 0 fully saturated rings. The summed E-state index contributed by atoms with van der Waals surface area (Å²) in [6.07, 6.45) is -0.440. The van der Waals surface area contributed by atoms with Gasteiger partial charge in [0.2, 0.25) is 0 Å². The summed E-state index contributed by atoms with van der Waals surface area (Å²) in [6.45, 7) is 0.672. The van der Waals surface area contributed by atoms with Crippen molar-refractivity contribution in [3.63, 3.8) is 0 Å². The maximum Gasteiger partial charge on any atom is 0.407 e. The van der Waals surface area contributed by atoms with Crippen molar-refractivity contribution in [2.75, 3.05) is 0 Å². The van der Waals surface area contributed by atoms with Gasteiger partial charge < -0.3 is 10.1 Å². The number of halogens is 2. The Morgan fingerprint density at radius 1 is 1.37 bits per heavy atom. The van der Waals surface area contributed by atoms with Gasteiger partial charge in [-0.05, 0) is 27.6 Å². The molecule has 19 heavy (non-hydrogen) atoms. The second kappa shape index (κ2) is 6.93. The molecule has 6 heteroatoms. The quantitative estimate of drug-likeness (QED) is 0.866. The fourth-order valence-electron chi connectivity index (χ4n) is 1.41. The molecule has 1 aromatic carbocycles. The molecule has 0 saturated carbocycles. The lowest BCUT2D eigenvalue weighted by Crippen LogP contribution is -2.23. The van der Waals surface area contributed by atoms with Crippen LogP contribution in [0, 0.1) is 0 Å². The van der Waals surface area contributed by atoms with Gasteiger partial charge in [-0.2, -0.15) is 0 Å². The Bertz CT molecular complexity index is 540. The lowest BCUT2D eigenvalue weighted by Gasteiger charge is -2.05. The van der Waals surface area contributed by atoms with Crippen molar-refractivity contribution in [2.24, 2.45) is 0 Å². The molecule has 0 unspecified atom stereocenters. The van der Waals surface area contributed by atoms with Crippen LogP contribution in [0.3, 0.4) is 0 Å². The molecule has 0 bridgehead atoms. The molecule has 0 saturated heterocycles. The summed E-state index contributed by atoms with van der Waals surface area (Å²) in [5.74, 6) is 0. The second-order valence-corrected chi connectivity index (χ2v) is 6.34. The van der Waals surface area contributed by atoms with Crippen molar-refractivity contribution >= 4 is 45.0 Å². The molecule has 0 aliphatic rings. The molecule has 0 spiro atoms. The summed E-state index contributed by atoms with van der Waals surface area (Å²) >= 11 is 10.7. The summed E-state index contributed by atoms with van der Waals surface area (Å²) in [4.78, 5) is 12.5. The van der Waals surface area contributed by atoms with Crippen LogP contribution in [0.1, 0.15) is 10.4 Å². The minimum absolute atomic E-state index is 0.265. The Hall–Kier alpha value is -1.04. The lowest BCUT2D eigenvalue weighted by atomic mass is 10.2. The molecule has 1 N–H and O–H groups in total. The number of carbonyl (C=O) groups excluding carboxylic acids is 1. The van der Waals surface area contributed by atoms with Crippen molar-refractivity contribution in [1.82, 2.24) is 5.32 Å². The minimum Gasteiger partial charge on any atom is -0.445 e. The van der Waals surface area contributed by atoms with E-state index >= 15 is 0 Å². The van der Waals surface area contributed by atoms with Crippen LogP contribution >= 0.6 is 38.9 Å². The molecule has 1 amide bonds. The Balaban J connectivity index is 1.76. The van der Waals surface area contributed by atoms with Crippen LogP contribution in [-0.2, 0) is 17.9 Å². The second-order valence-electron chi connectivity index (χ2n) is 3.75. The monoisotopic (exact) mass is 359 g/mol. The number of thiophene rings is 1. The first-order chi connectivity index (χ1) is 9.15. The topological polar surface area (TPSA) is 38.3 Å². The highest BCUT2D eigenvalue weighted by Gasteiger charge is 2.07. The first-order valence-corrected chi connectivity index (χ1v) is 7.52. The number of carbonyl (C=O) groups is 1. The Kier molecular flexibility index (Phi) is 5.24. The van der Waals surface area contributed by atoms with Gasteiger partial charge in [0.25, 0.3) is 0 Å². The van der Waals surface area contributed by atoms with Crippen molar-refractivity contribution in [3.8, 4) is 0 Å². The molecule has 100 valence electrons. The zero-order chi connectivity index (χ0) is 13.7. The number of hydrogen-bond donors (Lipinski definition) is 1. The van der Waals surface area contributed by atoms with Crippen molar-refractivity contribution in [2.45, 2.75) is 13.2 Å². The maximum absolute atomic E-state index is 11.5. The molecule has 1 heterocycles. The third kappa shape index (κ3) is 4.53. The highest BCUT2D eigenvalue weighted by Crippen LogP contribution is 2.31. The number of ether oxygens (including phenoxy) is 1. The molecular weight excluding hydrogens is 350 g/mol. The van der Waals surface area contributed by atoms with Gasteiger partial charge >= 0.3 is 6.09 Å². The van der Waals surface area contributed by atoms with Crippen LogP contribution in [0.5, 0.6) is 0 Å². The molecular formula is C13H11BrClNO2S. The number of amides is 1. The van der Waals surface area contributed by atoms with Gasteiger partial charge in [-0.3, -0.25) is 0 Å². The van der Waals surface area contributed by atoms with Gasteiger partial charge in [0.05, 0.1) is 6.54 Å². The highest BCUT2D eigenvalue weighted by molar-refractivity contribution is 9.10. The number of rotatable bonds is 4. The predicted octanol–water partition coefficient (Wildman–Crippen LogP) is 4.59. The van der Waals surface area contributed by atoms with Crippen LogP contribution in [0.25, 0.3) is 0 Å². The summed E-state index contributed by atoms with van der Waals surface area (Å²) in [7, 11) is 0. The van der Waals surface area contributed by atoms with E-state index in [-0.39, 0.29) is 6.61 Å². The molecule has 0 radical (unpaired) electrons. The number of alkyl carbamates (subject to hydrolysis) is 1. The summed E-state index contributed by atoms with van der Waals surface area (Å²) in [5, 5.41) is 2.68. The SMILES string of the molecule is O=C(NCc1cc(Br)c(Cl)s1)OCc1ccccc1. The lowest BCUT2D eigenvalue weighted by molar-refractivity contribution is 0.139. The summed E-state index contributed by atoms with van der Waals surface area (Å²) in [6, 6.07) is 11.4. The van der Waals surface area contributed by atoms with E-state index in [1.54, 1.807) is 0 Å². The number of hydrogen-bond acceptors (Lipinski definition) is 3. The van der Waals surface area contributed by atoms with E-state index in [1.807, 2.05) is 36.4 Å². The molecule has 2 aromatic rings. The molecule has 1 aromatic heterocycles. The van der Waals surface area contributed by atoms with Gasteiger partial charge in [-0.1, -0.05) is 41.9 Å². The van der Waals surface area contributed by atoms with Crippen LogP contribution in [0.4, 0.5) is 4.79 Å². The van der Waals surface area contributed by atoms with Crippen molar-refractivity contribution < 1.29 is 9.53 Å². The van der Waals surface area contributed by atoms with Crippen LogP contribution in [0.15, 0.2) is 40.9 Å². The van der Waals surface area contributed by atoms with Crippen LogP contribution in [-0.4, -0.2) is 6.09 Å². The summed E-state index contributed by atoms with van der Waals surface area (Å²) < 4.78 is 6.61. The van der Waals surface area contributed by atoms with Gasteiger partial charge in [0, 0.05) is 9.35 Å². The van der Waals surface area contributed by atoms with E-state index in [4.69, 9.17) is 16.3 Å². The zero-order valence-electron chi connectivity index (χ0n) is 9.86. The Labute approximate surface area is 128 Å². The standard InChI is InChI=1S/C13H11BrClNO2S/c14-11-6-10(19-12(11)15)7-16-13(17)18-8-9-4-2-1-3-5-9/h1-6H,7-8H2,(H,16,17). The van der Waals surface area contributed by atoms with Crippen molar-refractivity contribution in [3.05, 3.63) is 55.6 Å². The highest BCUT2D eigenvalue weighted by atomic mass is 79.9. The van der Waals surface area contributed by atoms with Gasteiger partial charge in [0.15, 0.2) is 0 Å². The predicted molar refractivity (Wildman–Crippen MR) is 80.5 cm³/mol. The Morgan fingerprint density at radius 2 is 2.11 bits per heavy atom. The van der Waals surface area contributed by atoms with E-state index in [9.17, 15) is 4.79 Å². The fraction of sp³-hybridized carbons (Fsp3) is 0.154. The third-order valence-electron chi connectivity index (χ3n) is 2.32. The average Bonchev–Trinajstić information content (AvgIpc) is 2.74. The average molecular weight is 361 g/mol. The smallest absolute Gasteiger partial charge is 0.407 e. The van der Waals surface area contributed by atoms with E-state index in [0.29, 0.717) is 10.9 Å². The normalized spacial score (nSPS) is 10.2. The van der Waals surface area contributed by atoms with Crippen LogP contribution < -0.4 is 5.32 Å². The maximum atomic E-state index is 11.5. The van der Waals surface area contributed by atoms with E-state index in [1.165, 1.54) is 11.3 Å². The molecule has 0 atom stereocenters. The summed E-state index contributed by atoms with van der Waals surface area (Å²) in [5.41, 5.74) is 0.958. The van der Waals surface area contributed by atoms with E-state index in [2.05, 4.69) is 21.2 Å². The fourth-order valence-corrected chi connectivity index (χ4v) is 3.14. The van der Waals surface area contributed by atoms with Gasteiger partial charge in [-0.25, -0.2) is 4.79 Å². The van der Waals surface area contributed by atoms with Gasteiger partial charge in [0.1, 0.15) is 10.9 Å². The number of benzene rings is 1. The largest absolute Gasteiger partial charge is 0.445 e. The Morgan fingerprint density at radius 3 is 2.74 bits per heavy atom. The molecule has 0 aliphatic carbocycles. The molecule has 3 nitrogen and oxygen atoms in total. The van der Waals surface area contributed by atoms with E-state index < -0.39 is 6.09 Å². The first kappa shape index (κ1) is 14.4. The molecule has 0 aliphatic heterocycles. The van der Waals surface area contributed by atoms with Crippen LogP contribution in [0.2, 0.25) is 4.34 Å². The number of nitrogens with one attached hydrogen (secondary N) is 1. The van der Waals surface area contributed by atoms with Gasteiger partial charge in [-0.15, -0.1) is 11.3 Å².